The molecule has 2 aliphatic rings. The van der Waals surface area contributed by atoms with Gasteiger partial charge in [-0.05, 0) is 142 Å². The van der Waals surface area contributed by atoms with Gasteiger partial charge in [-0.1, -0.05) is 30.3 Å². The summed E-state index contributed by atoms with van der Waals surface area (Å²) in [5.41, 5.74) is 5.16. The number of benzene rings is 7. The van der Waals surface area contributed by atoms with Crippen LogP contribution in [0.5, 0.6) is 11.5 Å². The number of nitrogens with one attached hydrogen (secondary N) is 3. The van der Waals surface area contributed by atoms with Gasteiger partial charge < -0.3 is 30.2 Å². The Hall–Kier alpha value is -8.24. The van der Waals surface area contributed by atoms with Gasteiger partial charge in [0.2, 0.25) is 0 Å². The highest BCUT2D eigenvalue weighted by Crippen LogP contribution is 2.44. The van der Waals surface area contributed by atoms with Gasteiger partial charge in [-0.2, -0.15) is 8.42 Å². The van der Waals surface area contributed by atoms with Gasteiger partial charge in [0, 0.05) is 45.6 Å². The van der Waals surface area contributed by atoms with Gasteiger partial charge in [-0.15, -0.1) is 0 Å². The van der Waals surface area contributed by atoms with Crippen LogP contribution in [0, 0.1) is 41.5 Å². The highest BCUT2D eigenvalue weighted by molar-refractivity contribution is 7.93. The van der Waals surface area contributed by atoms with Crippen molar-refractivity contribution in [1.82, 2.24) is 0 Å². The second-order valence-corrected chi connectivity index (χ2v) is 21.8. The minimum absolute atomic E-state index is 0.161. The molecule has 72 heavy (non-hydrogen) atoms. The van der Waals surface area contributed by atoms with E-state index in [1.165, 1.54) is 12.1 Å². The number of nitrogens with zero attached hydrogens (tertiary/aromatic N) is 1. The predicted molar refractivity (Wildman–Crippen MR) is 270 cm³/mol. The molecule has 1 heterocycles. The minimum atomic E-state index is -4.76. The Morgan fingerprint density at radius 3 is 1.68 bits per heavy atom. The van der Waals surface area contributed by atoms with Crippen molar-refractivity contribution in [2.45, 2.75) is 56.2 Å². The molecule has 0 bridgehead atoms. The molecule has 0 aromatic heterocycles. The molecule has 0 saturated heterocycles. The highest BCUT2D eigenvalue weighted by atomic mass is 32.2. The first-order chi connectivity index (χ1) is 33.7. The number of carboxylic acid groups (broad SMARTS) is 2. The first-order valence-electron chi connectivity index (χ1n) is 21.5. The van der Waals surface area contributed by atoms with E-state index in [-0.39, 0.29) is 38.1 Å². The van der Waals surface area contributed by atoms with E-state index in [2.05, 4.69) is 14.8 Å². The van der Waals surface area contributed by atoms with Crippen LogP contribution in [0.4, 0.5) is 28.4 Å². The molecule has 0 radical (unpaired) electrons. The zero-order valence-corrected chi connectivity index (χ0v) is 41.4. The smallest absolute Gasteiger partial charge is 0.339 e. The summed E-state index contributed by atoms with van der Waals surface area (Å²) < 4.78 is 102. The molecule has 8 rings (SSSR count). The van der Waals surface area contributed by atoms with Crippen molar-refractivity contribution in [3.63, 3.8) is 0 Å². The number of aryl methyl sites for hydroxylation is 4. The van der Waals surface area contributed by atoms with E-state index in [0.717, 1.165) is 42.0 Å². The molecule has 6 aromatic rings. The quantitative estimate of drug-likeness (QED) is 0.0394. The van der Waals surface area contributed by atoms with Crippen molar-refractivity contribution in [2.24, 2.45) is 4.99 Å². The molecule has 6 aromatic carbocycles. The maximum atomic E-state index is 13.6. The summed E-state index contributed by atoms with van der Waals surface area (Å²) in [6, 6.07) is 25.2. The molecule has 0 fully saturated rings. The SMILES string of the molecule is Cc1cc(C)c(NS(=O)(=O)c2ccc(O)c(C(=O)O)c2)c(C)c1N=c1ccc2c(-c3ccccc3S(=O)(=O)O)c3ccc(Nc4c(C)cc(C)c(NS(=O)(=O)c5ccc(O)c(C(=O)O)c5)c4C)cc3oc-2c1. The summed E-state index contributed by atoms with van der Waals surface area (Å²) >= 11 is 0. The molecule has 0 unspecified atom stereocenters. The largest absolute Gasteiger partial charge is 0.507 e. The Bertz CT molecular complexity index is 4020. The number of hydrogen-bond acceptors (Lipinski definition) is 13. The summed E-state index contributed by atoms with van der Waals surface area (Å²) in [5, 5.41) is 43.1. The maximum Gasteiger partial charge on any atom is 0.339 e. The second kappa shape index (κ2) is 18.5. The van der Waals surface area contributed by atoms with Crippen molar-refractivity contribution < 1.29 is 64.2 Å². The molecule has 370 valence electrons. The molecule has 8 N–H and O–H groups in total. The topological polar surface area (TPSA) is 299 Å². The third-order valence-corrected chi connectivity index (χ3v) is 15.6. The van der Waals surface area contributed by atoms with Crippen LogP contribution in [-0.2, 0) is 30.2 Å². The van der Waals surface area contributed by atoms with Crippen LogP contribution < -0.4 is 20.1 Å². The molecule has 0 amide bonds. The number of carbonyl (C=O) groups is 2. The lowest BCUT2D eigenvalue weighted by Crippen LogP contribution is -2.16. The van der Waals surface area contributed by atoms with Crippen molar-refractivity contribution in [3.05, 3.63) is 159 Å². The van der Waals surface area contributed by atoms with Crippen LogP contribution >= 0.6 is 0 Å². The standard InChI is InChI=1S/C51H44N4O14S3/c1-25-19-27(3)48(54-70(62,63)33-13-17-40(56)38(23-33)50(58)59)29(5)46(25)52-31-11-15-35-42(21-31)69-43-22-32(12-16-36(43)45(35)37-9-7-8-10-44(37)72(66,67)68)53-47-26(2)20-28(4)49(30(47)6)55-71(64,65)34-14-18-41(57)39(24-34)51(60)61/h7-24,52,54-57H,1-6H3,(H,58,59)(H,60,61)(H,66,67,68). The van der Waals surface area contributed by atoms with Crippen LogP contribution in [0.3, 0.4) is 0 Å². The Kier molecular flexibility index (Phi) is 12.9. The third-order valence-electron chi connectivity index (χ3n) is 12.0. The van der Waals surface area contributed by atoms with Crippen LogP contribution in [0.25, 0.3) is 33.4 Å². The Labute approximate surface area is 412 Å². The van der Waals surface area contributed by atoms with Gasteiger partial charge in [0.05, 0.1) is 32.2 Å². The van der Waals surface area contributed by atoms with Gasteiger partial charge >= 0.3 is 11.9 Å². The van der Waals surface area contributed by atoms with Crippen LogP contribution in [0.1, 0.15) is 54.1 Å². The van der Waals surface area contributed by atoms with E-state index in [1.807, 2.05) is 6.92 Å². The molecular weight excluding hydrogens is 989 g/mol. The fourth-order valence-corrected chi connectivity index (χ4v) is 11.8. The summed E-state index contributed by atoms with van der Waals surface area (Å²) in [6.07, 6.45) is 0. The molecule has 21 heteroatoms. The lowest BCUT2D eigenvalue weighted by molar-refractivity contribution is 0.0682. The van der Waals surface area contributed by atoms with E-state index >= 15 is 0 Å². The summed E-state index contributed by atoms with van der Waals surface area (Å²) in [5.74, 6) is -4.00. The van der Waals surface area contributed by atoms with E-state index in [1.54, 1.807) is 95.3 Å². The normalized spacial score (nSPS) is 12.3. The lowest BCUT2D eigenvalue weighted by Gasteiger charge is -2.21. The van der Waals surface area contributed by atoms with E-state index in [0.29, 0.717) is 66.7 Å². The molecule has 1 aliphatic carbocycles. The van der Waals surface area contributed by atoms with Crippen molar-refractivity contribution in [2.75, 3.05) is 14.8 Å². The summed E-state index contributed by atoms with van der Waals surface area (Å²) in [4.78, 5) is 27.1. The Balaban J connectivity index is 1.25. The Morgan fingerprint density at radius 1 is 0.569 bits per heavy atom. The zero-order chi connectivity index (χ0) is 52.4. The molecular formula is C51H44N4O14S3. The first-order valence-corrected chi connectivity index (χ1v) is 26.0. The van der Waals surface area contributed by atoms with E-state index in [4.69, 9.17) is 9.41 Å². The number of hydrogen-bond donors (Lipinski definition) is 8. The molecule has 0 saturated carbocycles. The fourth-order valence-electron chi connectivity index (χ4n) is 8.62. The first kappa shape index (κ1) is 50.2. The summed E-state index contributed by atoms with van der Waals surface area (Å²) in [6.45, 7) is 10.4. The maximum absolute atomic E-state index is 13.6. The number of rotatable bonds is 13. The minimum Gasteiger partial charge on any atom is -0.507 e. The number of carboxylic acids is 2. The average Bonchev–Trinajstić information content (AvgIpc) is 3.30. The number of fused-ring (bicyclic) bond motifs is 2. The van der Waals surface area contributed by atoms with Crippen molar-refractivity contribution in [1.29, 1.82) is 0 Å². The van der Waals surface area contributed by atoms with Crippen LogP contribution in [0.2, 0.25) is 0 Å². The fraction of sp³-hybridized carbons (Fsp3) is 0.118. The van der Waals surface area contributed by atoms with Gasteiger partial charge in [-0.3, -0.25) is 14.0 Å². The predicted octanol–water partition coefficient (Wildman–Crippen LogP) is 9.69. The number of anilines is 4. The van der Waals surface area contributed by atoms with Crippen LogP contribution in [-0.4, -0.2) is 62.2 Å². The monoisotopic (exact) mass is 1030 g/mol. The van der Waals surface area contributed by atoms with Gasteiger partial charge in [-0.25, -0.2) is 31.4 Å². The van der Waals surface area contributed by atoms with Gasteiger partial charge in [0.25, 0.3) is 30.2 Å². The highest BCUT2D eigenvalue weighted by Gasteiger charge is 2.27. The zero-order valence-electron chi connectivity index (χ0n) is 39.0. The average molecular weight is 1030 g/mol. The van der Waals surface area contributed by atoms with E-state index in [9.17, 15) is 59.8 Å². The molecule has 0 atom stereocenters. The van der Waals surface area contributed by atoms with Crippen molar-refractivity contribution >= 4 is 81.5 Å². The van der Waals surface area contributed by atoms with Gasteiger partial charge in [0.1, 0.15) is 38.9 Å². The Morgan fingerprint density at radius 2 is 1.11 bits per heavy atom. The number of aromatic carboxylic acids is 2. The van der Waals surface area contributed by atoms with Gasteiger partial charge in [0.15, 0.2) is 0 Å². The number of phenols is 2. The summed E-state index contributed by atoms with van der Waals surface area (Å²) in [7, 11) is -13.5. The molecule has 1 aliphatic heterocycles. The number of sulfonamides is 2. The van der Waals surface area contributed by atoms with E-state index < -0.39 is 69.6 Å². The lowest BCUT2D eigenvalue weighted by atomic mass is 9.93. The van der Waals surface area contributed by atoms with Crippen LogP contribution in [0.15, 0.2) is 133 Å². The molecule has 0 spiro atoms. The number of aromatic hydroxyl groups is 2. The second-order valence-electron chi connectivity index (χ2n) is 17.0. The molecule has 18 nitrogen and oxygen atoms in total. The third kappa shape index (κ3) is 9.52. The van der Waals surface area contributed by atoms with Crippen molar-refractivity contribution in [3.8, 4) is 33.9 Å².